The average molecular weight is 202 g/mol. The number of nitrogens with one attached hydrogen (secondary N) is 1. The molecule has 1 nitrogen and oxygen atoms in total. The Labute approximate surface area is 81.8 Å². The lowest BCUT2D eigenvalue weighted by molar-refractivity contribution is 1.05. The summed E-state index contributed by atoms with van der Waals surface area (Å²) in [7, 11) is 0. The summed E-state index contributed by atoms with van der Waals surface area (Å²) in [6, 6.07) is 5.55. The SMILES string of the molecule is N=CCCc1ccc(Cl)c(Cl)c1. The largest absolute Gasteiger partial charge is 0.313 e. The van der Waals surface area contributed by atoms with E-state index < -0.39 is 0 Å². The van der Waals surface area contributed by atoms with Crippen LogP contribution in [0, 0.1) is 5.41 Å². The van der Waals surface area contributed by atoms with Gasteiger partial charge in [0.1, 0.15) is 0 Å². The van der Waals surface area contributed by atoms with Crippen molar-refractivity contribution in [1.29, 1.82) is 5.41 Å². The van der Waals surface area contributed by atoms with Crippen LogP contribution in [-0.2, 0) is 6.42 Å². The Morgan fingerprint density at radius 2 is 2.00 bits per heavy atom. The van der Waals surface area contributed by atoms with Gasteiger partial charge in [-0.3, -0.25) is 0 Å². The summed E-state index contributed by atoms with van der Waals surface area (Å²) in [6.45, 7) is 0. The van der Waals surface area contributed by atoms with E-state index in [-0.39, 0.29) is 0 Å². The maximum absolute atomic E-state index is 6.86. The third-order valence-electron chi connectivity index (χ3n) is 1.56. The van der Waals surface area contributed by atoms with Crippen LogP contribution in [0.5, 0.6) is 0 Å². The molecule has 0 saturated carbocycles. The van der Waals surface area contributed by atoms with Gasteiger partial charge in [0, 0.05) is 0 Å². The molecular weight excluding hydrogens is 193 g/mol. The molecule has 0 aromatic heterocycles. The van der Waals surface area contributed by atoms with Crippen LogP contribution in [0.3, 0.4) is 0 Å². The summed E-state index contributed by atoms with van der Waals surface area (Å²) in [5.74, 6) is 0. The van der Waals surface area contributed by atoms with Crippen molar-refractivity contribution in [2.75, 3.05) is 0 Å². The van der Waals surface area contributed by atoms with Crippen molar-refractivity contribution in [1.82, 2.24) is 0 Å². The molecule has 0 radical (unpaired) electrons. The van der Waals surface area contributed by atoms with E-state index in [1.807, 2.05) is 12.1 Å². The summed E-state index contributed by atoms with van der Waals surface area (Å²) in [4.78, 5) is 0. The Balaban J connectivity index is 2.75. The zero-order valence-corrected chi connectivity index (χ0v) is 7.99. The number of rotatable bonds is 3. The van der Waals surface area contributed by atoms with E-state index in [4.69, 9.17) is 28.6 Å². The molecule has 64 valence electrons. The summed E-state index contributed by atoms with van der Waals surface area (Å²) in [5, 5.41) is 8.03. The molecule has 1 aromatic carbocycles. The number of hydrogen-bond donors (Lipinski definition) is 1. The van der Waals surface area contributed by atoms with Gasteiger partial charge in [-0.05, 0) is 36.8 Å². The second-order valence-electron chi connectivity index (χ2n) is 2.49. The quantitative estimate of drug-likeness (QED) is 0.724. The monoisotopic (exact) mass is 201 g/mol. The standard InChI is InChI=1S/C9H9Cl2N/c10-8-4-3-7(2-1-5-12)6-9(8)11/h3-6,12H,1-2H2. The molecule has 0 unspecified atom stereocenters. The molecule has 1 rings (SSSR count). The number of hydrogen-bond acceptors (Lipinski definition) is 1. The molecule has 0 aliphatic heterocycles. The average Bonchev–Trinajstić information content (AvgIpc) is 2.07. The highest BCUT2D eigenvalue weighted by atomic mass is 35.5. The van der Waals surface area contributed by atoms with Crippen molar-refractivity contribution >= 4 is 29.4 Å². The van der Waals surface area contributed by atoms with Gasteiger partial charge in [-0.1, -0.05) is 29.3 Å². The summed E-state index contributed by atoms with van der Waals surface area (Å²) < 4.78 is 0. The molecule has 0 fully saturated rings. The molecule has 3 heteroatoms. The molecule has 1 N–H and O–H groups in total. The van der Waals surface area contributed by atoms with Crippen LogP contribution in [0.4, 0.5) is 0 Å². The maximum Gasteiger partial charge on any atom is 0.0595 e. The molecule has 0 bridgehead atoms. The zero-order valence-electron chi connectivity index (χ0n) is 6.48. The lowest BCUT2D eigenvalue weighted by atomic mass is 10.1. The van der Waals surface area contributed by atoms with Gasteiger partial charge >= 0.3 is 0 Å². The molecule has 1 aromatic rings. The highest BCUT2D eigenvalue weighted by Gasteiger charge is 1.97. The highest BCUT2D eigenvalue weighted by molar-refractivity contribution is 6.42. The van der Waals surface area contributed by atoms with Gasteiger partial charge in [0.2, 0.25) is 0 Å². The minimum atomic E-state index is 0.579. The van der Waals surface area contributed by atoms with Crippen molar-refractivity contribution in [2.24, 2.45) is 0 Å². The van der Waals surface area contributed by atoms with Gasteiger partial charge < -0.3 is 5.41 Å². The Morgan fingerprint density at radius 1 is 1.25 bits per heavy atom. The van der Waals surface area contributed by atoms with Gasteiger partial charge in [-0.2, -0.15) is 0 Å². The summed E-state index contributed by atoms with van der Waals surface area (Å²) in [5.41, 5.74) is 1.12. The van der Waals surface area contributed by atoms with E-state index in [2.05, 4.69) is 0 Å². The van der Waals surface area contributed by atoms with Crippen LogP contribution < -0.4 is 0 Å². The van der Waals surface area contributed by atoms with E-state index in [0.717, 1.165) is 18.4 Å². The fourth-order valence-electron chi connectivity index (χ4n) is 0.934. The van der Waals surface area contributed by atoms with Crippen molar-refractivity contribution in [3.8, 4) is 0 Å². The number of halogens is 2. The van der Waals surface area contributed by atoms with Crippen LogP contribution >= 0.6 is 23.2 Å². The third kappa shape index (κ3) is 2.50. The number of benzene rings is 1. The van der Waals surface area contributed by atoms with Crippen molar-refractivity contribution < 1.29 is 0 Å². The highest BCUT2D eigenvalue weighted by Crippen LogP contribution is 2.22. The van der Waals surface area contributed by atoms with Crippen LogP contribution in [0.15, 0.2) is 18.2 Å². The lowest BCUT2D eigenvalue weighted by Crippen LogP contribution is -1.85. The Bertz CT molecular complexity index is 284. The summed E-state index contributed by atoms with van der Waals surface area (Å²) in [6.07, 6.45) is 2.99. The van der Waals surface area contributed by atoms with Crippen LogP contribution in [0.2, 0.25) is 10.0 Å². The molecular formula is C9H9Cl2N. The van der Waals surface area contributed by atoms with E-state index in [1.165, 1.54) is 6.21 Å². The van der Waals surface area contributed by atoms with Gasteiger partial charge in [-0.15, -0.1) is 0 Å². The first-order valence-corrected chi connectivity index (χ1v) is 4.42. The van der Waals surface area contributed by atoms with Crippen molar-refractivity contribution in [3.63, 3.8) is 0 Å². The minimum Gasteiger partial charge on any atom is -0.313 e. The molecule has 0 spiro atoms. The zero-order chi connectivity index (χ0) is 8.97. The first kappa shape index (κ1) is 9.56. The molecule has 0 atom stereocenters. The van der Waals surface area contributed by atoms with Crippen LogP contribution in [0.25, 0.3) is 0 Å². The predicted octanol–water partition coefficient (Wildman–Crippen LogP) is 3.58. The van der Waals surface area contributed by atoms with Crippen molar-refractivity contribution in [3.05, 3.63) is 33.8 Å². The smallest absolute Gasteiger partial charge is 0.0595 e. The van der Waals surface area contributed by atoms with E-state index in [1.54, 1.807) is 6.07 Å². The maximum atomic E-state index is 6.86. The first-order valence-electron chi connectivity index (χ1n) is 3.67. The number of aryl methyl sites for hydroxylation is 1. The molecule has 0 amide bonds. The van der Waals surface area contributed by atoms with E-state index in [0.29, 0.717) is 10.0 Å². The normalized spacial score (nSPS) is 9.83. The molecule has 0 saturated heterocycles. The van der Waals surface area contributed by atoms with Crippen LogP contribution in [-0.4, -0.2) is 6.21 Å². The van der Waals surface area contributed by atoms with Gasteiger partial charge in [0.05, 0.1) is 10.0 Å². The second-order valence-corrected chi connectivity index (χ2v) is 3.31. The van der Waals surface area contributed by atoms with E-state index >= 15 is 0 Å². The predicted molar refractivity (Wildman–Crippen MR) is 53.6 cm³/mol. The molecule has 12 heavy (non-hydrogen) atoms. The molecule has 0 aliphatic rings. The Morgan fingerprint density at radius 3 is 2.58 bits per heavy atom. The summed E-state index contributed by atoms with van der Waals surface area (Å²) >= 11 is 11.5. The molecule has 0 aliphatic carbocycles. The second kappa shape index (κ2) is 4.48. The van der Waals surface area contributed by atoms with E-state index in [9.17, 15) is 0 Å². The fourth-order valence-corrected chi connectivity index (χ4v) is 1.25. The third-order valence-corrected chi connectivity index (χ3v) is 2.30. The Hall–Kier alpha value is -0.530. The van der Waals surface area contributed by atoms with Gasteiger partial charge in [-0.25, -0.2) is 0 Å². The van der Waals surface area contributed by atoms with Crippen molar-refractivity contribution in [2.45, 2.75) is 12.8 Å². The topological polar surface area (TPSA) is 23.9 Å². The first-order chi connectivity index (χ1) is 5.74. The minimum absolute atomic E-state index is 0.579. The Kier molecular flexibility index (Phi) is 3.57. The van der Waals surface area contributed by atoms with Gasteiger partial charge in [0.15, 0.2) is 0 Å². The van der Waals surface area contributed by atoms with Crippen LogP contribution in [0.1, 0.15) is 12.0 Å². The lowest BCUT2D eigenvalue weighted by Gasteiger charge is -1.99. The fraction of sp³-hybridized carbons (Fsp3) is 0.222. The molecule has 0 heterocycles. The van der Waals surface area contributed by atoms with Gasteiger partial charge in [0.25, 0.3) is 0 Å².